The molecule has 1 aliphatic rings. The molecule has 0 bridgehead atoms. The van der Waals surface area contributed by atoms with Crippen LogP contribution in [0, 0.1) is 0 Å². The molecule has 0 saturated carbocycles. The van der Waals surface area contributed by atoms with E-state index >= 15 is 0 Å². The lowest BCUT2D eigenvalue weighted by Gasteiger charge is -2.23. The van der Waals surface area contributed by atoms with E-state index in [-0.39, 0.29) is 11.9 Å². The van der Waals surface area contributed by atoms with Crippen molar-refractivity contribution in [1.82, 2.24) is 15.2 Å². The number of hydrogen-bond donors (Lipinski definition) is 1. The highest BCUT2D eigenvalue weighted by atomic mass is 35.5. The molecule has 1 aliphatic heterocycles. The van der Waals surface area contributed by atoms with E-state index in [0.717, 1.165) is 19.5 Å². The van der Waals surface area contributed by atoms with Crippen LogP contribution in [-0.4, -0.2) is 42.0 Å². The first-order valence-corrected chi connectivity index (χ1v) is 5.65. The smallest absolute Gasteiger partial charge is 0.272 e. The third-order valence-corrected chi connectivity index (χ3v) is 3.07. The van der Waals surface area contributed by atoms with Gasteiger partial charge in [0.1, 0.15) is 5.69 Å². The number of aromatic nitrogens is 1. The summed E-state index contributed by atoms with van der Waals surface area (Å²) in [7, 11) is 1.82. The second-order valence-electron chi connectivity index (χ2n) is 3.92. The van der Waals surface area contributed by atoms with E-state index in [0.29, 0.717) is 10.7 Å². The topological polar surface area (TPSA) is 45.2 Å². The molecule has 0 radical (unpaired) electrons. The Morgan fingerprint density at radius 2 is 2.44 bits per heavy atom. The SMILES string of the molecule is CN(C(=O)c1ccc(Cl)cn1)C1CCNC1. The van der Waals surface area contributed by atoms with Crippen molar-refractivity contribution in [3.05, 3.63) is 29.0 Å². The first-order chi connectivity index (χ1) is 7.68. The van der Waals surface area contributed by atoms with Gasteiger partial charge in [-0.3, -0.25) is 4.79 Å². The molecule has 0 aromatic carbocycles. The lowest BCUT2D eigenvalue weighted by Crippen LogP contribution is -2.38. The quantitative estimate of drug-likeness (QED) is 0.843. The Balaban J connectivity index is 2.08. The van der Waals surface area contributed by atoms with Gasteiger partial charge >= 0.3 is 0 Å². The Bertz CT molecular complexity index is 373. The molecule has 86 valence electrons. The summed E-state index contributed by atoms with van der Waals surface area (Å²) in [5.74, 6) is -0.0506. The van der Waals surface area contributed by atoms with Crippen LogP contribution >= 0.6 is 11.6 Å². The molecule has 2 rings (SSSR count). The van der Waals surface area contributed by atoms with Gasteiger partial charge in [0.05, 0.1) is 5.02 Å². The first kappa shape index (κ1) is 11.4. The number of nitrogens with zero attached hydrogens (tertiary/aromatic N) is 2. The molecule has 1 aromatic rings. The molecule has 5 heteroatoms. The maximum absolute atomic E-state index is 12.0. The fourth-order valence-corrected chi connectivity index (χ4v) is 1.93. The Hall–Kier alpha value is -1.13. The predicted octanol–water partition coefficient (Wildman–Crippen LogP) is 1.17. The number of likely N-dealkylation sites (N-methyl/N-ethyl adjacent to an activating group) is 1. The van der Waals surface area contributed by atoms with E-state index in [2.05, 4.69) is 10.3 Å². The van der Waals surface area contributed by atoms with Crippen molar-refractivity contribution in [2.24, 2.45) is 0 Å². The van der Waals surface area contributed by atoms with Gasteiger partial charge in [0.15, 0.2) is 0 Å². The van der Waals surface area contributed by atoms with Crippen molar-refractivity contribution < 1.29 is 4.79 Å². The van der Waals surface area contributed by atoms with E-state index in [1.165, 1.54) is 6.20 Å². The van der Waals surface area contributed by atoms with Gasteiger partial charge in [-0.15, -0.1) is 0 Å². The molecule has 0 aliphatic carbocycles. The summed E-state index contributed by atoms with van der Waals surface area (Å²) in [4.78, 5) is 17.8. The van der Waals surface area contributed by atoms with Gasteiger partial charge in [-0.25, -0.2) is 4.98 Å². The minimum atomic E-state index is -0.0506. The Kier molecular flexibility index (Phi) is 3.41. The monoisotopic (exact) mass is 239 g/mol. The number of carbonyl (C=O) groups is 1. The van der Waals surface area contributed by atoms with Crippen LogP contribution in [0.25, 0.3) is 0 Å². The maximum atomic E-state index is 12.0. The fourth-order valence-electron chi connectivity index (χ4n) is 1.82. The zero-order chi connectivity index (χ0) is 11.5. The lowest BCUT2D eigenvalue weighted by molar-refractivity contribution is 0.0738. The summed E-state index contributed by atoms with van der Waals surface area (Å²) in [5.41, 5.74) is 0.443. The van der Waals surface area contributed by atoms with Gasteiger partial charge in [0, 0.05) is 25.8 Å². The van der Waals surface area contributed by atoms with Crippen molar-refractivity contribution in [3.63, 3.8) is 0 Å². The maximum Gasteiger partial charge on any atom is 0.272 e. The van der Waals surface area contributed by atoms with Crippen LogP contribution in [0.3, 0.4) is 0 Å². The van der Waals surface area contributed by atoms with Crippen molar-refractivity contribution in [2.45, 2.75) is 12.5 Å². The van der Waals surface area contributed by atoms with Crippen LogP contribution in [0.1, 0.15) is 16.9 Å². The summed E-state index contributed by atoms with van der Waals surface area (Å²) in [6.07, 6.45) is 2.49. The molecule has 16 heavy (non-hydrogen) atoms. The minimum Gasteiger partial charge on any atom is -0.336 e. The van der Waals surface area contributed by atoms with Crippen LogP contribution in [-0.2, 0) is 0 Å². The zero-order valence-corrected chi connectivity index (χ0v) is 9.87. The highest BCUT2D eigenvalue weighted by molar-refractivity contribution is 6.30. The number of pyridine rings is 1. The first-order valence-electron chi connectivity index (χ1n) is 5.28. The van der Waals surface area contributed by atoms with E-state index < -0.39 is 0 Å². The van der Waals surface area contributed by atoms with Crippen LogP contribution in [0.15, 0.2) is 18.3 Å². The Labute approximate surface area is 99.6 Å². The number of hydrogen-bond acceptors (Lipinski definition) is 3. The van der Waals surface area contributed by atoms with Gasteiger partial charge in [-0.05, 0) is 25.1 Å². The molecular weight excluding hydrogens is 226 g/mol. The van der Waals surface area contributed by atoms with Crippen LogP contribution in [0.2, 0.25) is 5.02 Å². The van der Waals surface area contributed by atoms with Crippen LogP contribution in [0.4, 0.5) is 0 Å². The van der Waals surface area contributed by atoms with Gasteiger partial charge in [0.2, 0.25) is 0 Å². The van der Waals surface area contributed by atoms with Gasteiger partial charge in [-0.1, -0.05) is 11.6 Å². The normalized spacial score (nSPS) is 19.8. The summed E-state index contributed by atoms with van der Waals surface area (Å²) >= 11 is 5.73. The summed E-state index contributed by atoms with van der Waals surface area (Å²) in [6.45, 7) is 1.83. The molecule has 4 nitrogen and oxygen atoms in total. The van der Waals surface area contributed by atoms with Gasteiger partial charge in [0.25, 0.3) is 5.91 Å². The Morgan fingerprint density at radius 3 is 3.00 bits per heavy atom. The van der Waals surface area contributed by atoms with Gasteiger partial charge in [-0.2, -0.15) is 0 Å². The van der Waals surface area contributed by atoms with Crippen molar-refractivity contribution in [2.75, 3.05) is 20.1 Å². The fraction of sp³-hybridized carbons (Fsp3) is 0.455. The number of amides is 1. The molecule has 1 aromatic heterocycles. The molecule has 1 unspecified atom stereocenters. The molecular formula is C11H14ClN3O. The zero-order valence-electron chi connectivity index (χ0n) is 9.11. The largest absolute Gasteiger partial charge is 0.336 e. The summed E-state index contributed by atoms with van der Waals surface area (Å²) in [6, 6.07) is 3.61. The molecule has 0 spiro atoms. The molecule has 1 N–H and O–H groups in total. The summed E-state index contributed by atoms with van der Waals surface area (Å²) < 4.78 is 0. The molecule has 1 fully saturated rings. The summed E-state index contributed by atoms with van der Waals surface area (Å²) in [5, 5.41) is 3.78. The average Bonchev–Trinajstić information content (AvgIpc) is 2.81. The van der Waals surface area contributed by atoms with Crippen molar-refractivity contribution in [3.8, 4) is 0 Å². The second kappa shape index (κ2) is 4.80. The predicted molar refractivity (Wildman–Crippen MR) is 62.6 cm³/mol. The number of nitrogens with one attached hydrogen (secondary N) is 1. The van der Waals surface area contributed by atoms with Crippen LogP contribution < -0.4 is 5.32 Å². The van der Waals surface area contributed by atoms with E-state index in [1.807, 2.05) is 7.05 Å². The highest BCUT2D eigenvalue weighted by Crippen LogP contribution is 2.12. The van der Waals surface area contributed by atoms with E-state index in [1.54, 1.807) is 17.0 Å². The molecule has 2 heterocycles. The van der Waals surface area contributed by atoms with Crippen molar-refractivity contribution in [1.29, 1.82) is 0 Å². The number of halogens is 1. The van der Waals surface area contributed by atoms with Gasteiger partial charge < -0.3 is 10.2 Å². The molecule has 1 atom stereocenters. The highest BCUT2D eigenvalue weighted by Gasteiger charge is 2.24. The third-order valence-electron chi connectivity index (χ3n) is 2.85. The van der Waals surface area contributed by atoms with Crippen molar-refractivity contribution >= 4 is 17.5 Å². The van der Waals surface area contributed by atoms with Crippen LogP contribution in [0.5, 0.6) is 0 Å². The second-order valence-corrected chi connectivity index (χ2v) is 4.36. The van der Waals surface area contributed by atoms with E-state index in [4.69, 9.17) is 11.6 Å². The standard InChI is InChI=1S/C11H14ClN3O/c1-15(9-4-5-13-7-9)11(16)10-3-2-8(12)6-14-10/h2-3,6,9,13H,4-5,7H2,1H3. The third kappa shape index (κ3) is 2.33. The number of rotatable bonds is 2. The molecule has 1 saturated heterocycles. The van der Waals surface area contributed by atoms with E-state index in [9.17, 15) is 4.79 Å². The lowest BCUT2D eigenvalue weighted by atomic mass is 10.2. The number of carbonyl (C=O) groups excluding carboxylic acids is 1. The minimum absolute atomic E-state index is 0.0506. The Morgan fingerprint density at radius 1 is 1.62 bits per heavy atom. The molecule has 1 amide bonds. The average molecular weight is 240 g/mol.